The summed E-state index contributed by atoms with van der Waals surface area (Å²) in [6.45, 7) is 4.17. The highest BCUT2D eigenvalue weighted by Gasteiger charge is 2.05. The number of fused-ring (bicyclic) bond motifs is 1. The number of anilines is 1. The van der Waals surface area contributed by atoms with E-state index in [4.69, 9.17) is 0 Å². The summed E-state index contributed by atoms with van der Waals surface area (Å²) in [5, 5.41) is 7.77. The van der Waals surface area contributed by atoms with Crippen LogP contribution in [0.5, 0.6) is 0 Å². The number of aryl methyl sites for hydroxylation is 2. The summed E-state index contributed by atoms with van der Waals surface area (Å²) in [5.41, 5.74) is 6.73. The van der Waals surface area contributed by atoms with Gasteiger partial charge < -0.3 is 5.32 Å². The van der Waals surface area contributed by atoms with Crippen LogP contribution in [0.25, 0.3) is 10.2 Å². The molecule has 0 bridgehead atoms. The van der Waals surface area contributed by atoms with Crippen molar-refractivity contribution in [3.05, 3.63) is 59.2 Å². The SMILES string of the molecule is Cc1ccc(C)c(/C=N\NC(=O)CNc2nc3ccccc3s2)c1. The van der Waals surface area contributed by atoms with Gasteiger partial charge in [-0.15, -0.1) is 0 Å². The summed E-state index contributed by atoms with van der Waals surface area (Å²) in [4.78, 5) is 16.3. The van der Waals surface area contributed by atoms with Crippen LogP contribution in [0.3, 0.4) is 0 Å². The molecule has 0 saturated carbocycles. The Labute approximate surface area is 144 Å². The summed E-state index contributed by atoms with van der Waals surface area (Å²) in [6, 6.07) is 14.0. The van der Waals surface area contributed by atoms with Crippen molar-refractivity contribution in [3.8, 4) is 0 Å². The van der Waals surface area contributed by atoms with Crippen molar-refractivity contribution in [3.63, 3.8) is 0 Å². The lowest BCUT2D eigenvalue weighted by Gasteiger charge is -2.03. The monoisotopic (exact) mass is 338 g/mol. The van der Waals surface area contributed by atoms with E-state index >= 15 is 0 Å². The second-order valence-corrected chi connectivity index (χ2v) is 6.52. The summed E-state index contributed by atoms with van der Waals surface area (Å²) < 4.78 is 1.09. The first-order valence-electron chi connectivity index (χ1n) is 7.60. The van der Waals surface area contributed by atoms with Gasteiger partial charge in [-0.25, -0.2) is 10.4 Å². The third-order valence-electron chi connectivity index (χ3n) is 3.52. The number of benzene rings is 2. The molecule has 0 atom stereocenters. The van der Waals surface area contributed by atoms with Crippen LogP contribution in [-0.2, 0) is 4.79 Å². The molecular weight excluding hydrogens is 320 g/mol. The average molecular weight is 338 g/mol. The molecule has 1 heterocycles. The average Bonchev–Trinajstić information content (AvgIpc) is 2.99. The molecule has 0 fully saturated rings. The van der Waals surface area contributed by atoms with Gasteiger partial charge in [-0.2, -0.15) is 5.10 Å². The van der Waals surface area contributed by atoms with Crippen LogP contribution in [0.2, 0.25) is 0 Å². The Morgan fingerprint density at radius 3 is 2.92 bits per heavy atom. The normalized spacial score (nSPS) is 11.1. The molecule has 0 aliphatic heterocycles. The number of carbonyl (C=O) groups is 1. The first kappa shape index (κ1) is 16.1. The molecule has 0 saturated heterocycles. The number of hydrogen-bond donors (Lipinski definition) is 2. The minimum absolute atomic E-state index is 0.129. The van der Waals surface area contributed by atoms with Crippen LogP contribution < -0.4 is 10.7 Å². The molecule has 2 N–H and O–H groups in total. The van der Waals surface area contributed by atoms with E-state index < -0.39 is 0 Å². The van der Waals surface area contributed by atoms with Crippen molar-refractivity contribution in [1.82, 2.24) is 10.4 Å². The van der Waals surface area contributed by atoms with Gasteiger partial charge >= 0.3 is 0 Å². The Morgan fingerprint density at radius 2 is 2.08 bits per heavy atom. The number of thiazole rings is 1. The molecule has 6 heteroatoms. The lowest BCUT2D eigenvalue weighted by molar-refractivity contribution is -0.119. The largest absolute Gasteiger partial charge is 0.352 e. The van der Waals surface area contributed by atoms with E-state index in [0.29, 0.717) is 0 Å². The van der Waals surface area contributed by atoms with Crippen molar-refractivity contribution in [2.24, 2.45) is 5.10 Å². The zero-order valence-electron chi connectivity index (χ0n) is 13.5. The van der Waals surface area contributed by atoms with E-state index in [1.807, 2.05) is 56.3 Å². The Hall–Kier alpha value is -2.73. The highest BCUT2D eigenvalue weighted by molar-refractivity contribution is 7.22. The molecule has 0 aliphatic rings. The van der Waals surface area contributed by atoms with Gasteiger partial charge in [-0.3, -0.25) is 4.79 Å². The Morgan fingerprint density at radius 1 is 1.25 bits per heavy atom. The summed E-state index contributed by atoms with van der Waals surface area (Å²) in [6.07, 6.45) is 1.66. The molecule has 0 aliphatic carbocycles. The Bertz CT molecular complexity index is 868. The summed E-state index contributed by atoms with van der Waals surface area (Å²) in [7, 11) is 0. The van der Waals surface area contributed by atoms with Gasteiger partial charge in [0.05, 0.1) is 23.0 Å². The predicted octanol–water partition coefficient (Wildman–Crippen LogP) is 3.48. The molecule has 0 radical (unpaired) electrons. The van der Waals surface area contributed by atoms with E-state index in [0.717, 1.165) is 32.0 Å². The van der Waals surface area contributed by atoms with Gasteiger partial charge in [0.25, 0.3) is 5.91 Å². The van der Waals surface area contributed by atoms with Crippen LogP contribution in [0, 0.1) is 13.8 Å². The van der Waals surface area contributed by atoms with Crippen LogP contribution in [0.4, 0.5) is 5.13 Å². The molecular formula is C18H18N4OS. The van der Waals surface area contributed by atoms with Crippen molar-refractivity contribution < 1.29 is 4.79 Å². The molecule has 2 aromatic carbocycles. The van der Waals surface area contributed by atoms with Crippen LogP contribution in [0.1, 0.15) is 16.7 Å². The predicted molar refractivity (Wildman–Crippen MR) is 99.8 cm³/mol. The maximum Gasteiger partial charge on any atom is 0.259 e. The number of amides is 1. The zero-order valence-corrected chi connectivity index (χ0v) is 14.4. The number of aromatic nitrogens is 1. The Balaban J connectivity index is 1.54. The molecule has 3 rings (SSSR count). The highest BCUT2D eigenvalue weighted by Crippen LogP contribution is 2.24. The lowest BCUT2D eigenvalue weighted by atomic mass is 10.1. The van der Waals surface area contributed by atoms with Crippen LogP contribution >= 0.6 is 11.3 Å². The minimum Gasteiger partial charge on any atom is -0.352 e. The number of nitrogens with one attached hydrogen (secondary N) is 2. The van der Waals surface area contributed by atoms with E-state index in [-0.39, 0.29) is 12.5 Å². The molecule has 3 aromatic rings. The fourth-order valence-electron chi connectivity index (χ4n) is 2.22. The fourth-order valence-corrected chi connectivity index (χ4v) is 3.08. The van der Waals surface area contributed by atoms with Gasteiger partial charge in [-0.1, -0.05) is 47.2 Å². The first-order chi connectivity index (χ1) is 11.6. The van der Waals surface area contributed by atoms with Crippen molar-refractivity contribution in [1.29, 1.82) is 0 Å². The minimum atomic E-state index is -0.212. The lowest BCUT2D eigenvalue weighted by Crippen LogP contribution is -2.25. The van der Waals surface area contributed by atoms with E-state index in [1.54, 1.807) is 6.21 Å². The highest BCUT2D eigenvalue weighted by atomic mass is 32.1. The Kier molecular flexibility index (Phi) is 4.86. The molecule has 24 heavy (non-hydrogen) atoms. The smallest absolute Gasteiger partial charge is 0.259 e. The van der Waals surface area contributed by atoms with Gasteiger partial charge in [0.15, 0.2) is 5.13 Å². The van der Waals surface area contributed by atoms with E-state index in [2.05, 4.69) is 20.8 Å². The number of carbonyl (C=O) groups excluding carboxylic acids is 1. The van der Waals surface area contributed by atoms with Gasteiger partial charge in [0.2, 0.25) is 0 Å². The summed E-state index contributed by atoms with van der Waals surface area (Å²) >= 11 is 1.52. The number of nitrogens with zero attached hydrogens (tertiary/aromatic N) is 2. The third kappa shape index (κ3) is 3.97. The second-order valence-electron chi connectivity index (χ2n) is 5.49. The maximum absolute atomic E-state index is 11.9. The van der Waals surface area contributed by atoms with Crippen molar-refractivity contribution in [2.45, 2.75) is 13.8 Å². The molecule has 5 nitrogen and oxygen atoms in total. The van der Waals surface area contributed by atoms with E-state index in [1.165, 1.54) is 11.3 Å². The van der Waals surface area contributed by atoms with Crippen LogP contribution in [0.15, 0.2) is 47.6 Å². The number of hydrazone groups is 1. The number of rotatable bonds is 5. The van der Waals surface area contributed by atoms with Gasteiger partial charge in [-0.05, 0) is 37.1 Å². The molecule has 122 valence electrons. The number of hydrogen-bond acceptors (Lipinski definition) is 5. The standard InChI is InChI=1S/C18H18N4OS/c1-12-7-8-13(2)14(9-12)10-20-22-17(23)11-19-18-21-15-5-3-4-6-16(15)24-18/h3-10H,11H2,1-2H3,(H,19,21)(H,22,23)/b20-10-. The topological polar surface area (TPSA) is 66.4 Å². The zero-order chi connectivity index (χ0) is 16.9. The quantitative estimate of drug-likeness (QED) is 0.553. The van der Waals surface area contributed by atoms with Gasteiger partial charge in [0.1, 0.15) is 0 Å². The first-order valence-corrected chi connectivity index (χ1v) is 8.42. The van der Waals surface area contributed by atoms with Gasteiger partial charge in [0, 0.05) is 0 Å². The third-order valence-corrected chi connectivity index (χ3v) is 4.52. The molecule has 0 spiro atoms. The molecule has 0 unspecified atom stereocenters. The maximum atomic E-state index is 11.9. The summed E-state index contributed by atoms with van der Waals surface area (Å²) in [5.74, 6) is -0.212. The fraction of sp³-hybridized carbons (Fsp3) is 0.167. The second kappa shape index (κ2) is 7.23. The molecule has 1 aromatic heterocycles. The van der Waals surface area contributed by atoms with Crippen molar-refractivity contribution >= 4 is 38.8 Å². The number of para-hydroxylation sites is 1. The van der Waals surface area contributed by atoms with Crippen molar-refractivity contribution in [2.75, 3.05) is 11.9 Å². The molecule has 1 amide bonds. The van der Waals surface area contributed by atoms with E-state index in [9.17, 15) is 4.79 Å². The van der Waals surface area contributed by atoms with Crippen LogP contribution in [-0.4, -0.2) is 23.7 Å².